The molecule has 0 aliphatic heterocycles. The van der Waals surface area contributed by atoms with Gasteiger partial charge in [0.25, 0.3) is 10.1 Å². The Balaban J connectivity index is 0. The van der Waals surface area contributed by atoms with Gasteiger partial charge in [-0.15, -0.1) is 0 Å². The van der Waals surface area contributed by atoms with Crippen molar-refractivity contribution in [3.8, 4) is 0 Å². The number of hydrogen-bond acceptors (Lipinski definition) is 8. The van der Waals surface area contributed by atoms with Crippen LogP contribution in [0.1, 0.15) is 22.1 Å². The summed E-state index contributed by atoms with van der Waals surface area (Å²) in [6, 6.07) is 2.64. The average Bonchev–Trinajstić information content (AvgIpc) is 2.48. The molecular weight excluding hydrogens is 359 g/mol. The molecule has 124 valence electrons. The maximum atomic E-state index is 11.7. The van der Waals surface area contributed by atoms with Gasteiger partial charge in [-0.1, -0.05) is 0 Å². The number of aliphatic hydroxyl groups is 2. The summed E-state index contributed by atoms with van der Waals surface area (Å²) in [4.78, 5) is 22.6. The molecule has 1 aromatic carbocycles. The number of aliphatic hydroxyl groups excluding tert-OH is 2. The van der Waals surface area contributed by atoms with Gasteiger partial charge >= 0.3 is 63.3 Å². The first-order valence-corrected chi connectivity index (χ1v) is 7.42. The summed E-state index contributed by atoms with van der Waals surface area (Å²) in [7, 11) is -4.67. The van der Waals surface area contributed by atoms with Crippen LogP contribution in [0.5, 0.6) is 0 Å². The molecule has 0 amide bonds. The van der Waals surface area contributed by atoms with Crippen molar-refractivity contribution in [3.63, 3.8) is 0 Å². The van der Waals surface area contributed by atoms with Crippen molar-refractivity contribution in [2.75, 3.05) is 26.4 Å². The van der Waals surface area contributed by atoms with Crippen molar-refractivity contribution in [2.45, 2.75) is 4.90 Å². The van der Waals surface area contributed by atoms with Crippen LogP contribution in [0.25, 0.3) is 0 Å². The van der Waals surface area contributed by atoms with E-state index >= 15 is 0 Å². The summed E-state index contributed by atoms with van der Waals surface area (Å²) in [6.45, 7) is -1.51. The SMILES string of the molecule is O=C(OCCO)c1cc(C(=O)OCCO)cc(S(=O)(=O)O)c1.[H-].[K+]. The molecular formula is C12H15KO9S. The fourth-order valence-electron chi connectivity index (χ4n) is 1.43. The molecule has 9 nitrogen and oxygen atoms in total. The predicted octanol–water partition coefficient (Wildman–Crippen LogP) is -3.65. The molecule has 0 heterocycles. The van der Waals surface area contributed by atoms with E-state index < -0.39 is 40.2 Å². The fourth-order valence-corrected chi connectivity index (χ4v) is 1.98. The van der Waals surface area contributed by atoms with Gasteiger partial charge in [0.05, 0.1) is 29.2 Å². The Hall–Kier alpha value is -0.374. The fraction of sp³-hybridized carbons (Fsp3) is 0.333. The number of benzene rings is 1. The van der Waals surface area contributed by atoms with E-state index in [-0.39, 0.29) is 77.2 Å². The van der Waals surface area contributed by atoms with Gasteiger partial charge in [-0.3, -0.25) is 4.55 Å². The second-order valence-corrected chi connectivity index (χ2v) is 5.36. The van der Waals surface area contributed by atoms with Gasteiger partial charge in [0.1, 0.15) is 13.2 Å². The van der Waals surface area contributed by atoms with Crippen molar-refractivity contribution in [1.82, 2.24) is 0 Å². The van der Waals surface area contributed by atoms with Crippen molar-refractivity contribution < 1.29 is 95.1 Å². The Bertz CT molecular complexity index is 624. The van der Waals surface area contributed by atoms with Gasteiger partial charge in [0.15, 0.2) is 0 Å². The molecule has 0 radical (unpaired) electrons. The molecule has 0 aromatic heterocycles. The maximum Gasteiger partial charge on any atom is 1.00 e. The van der Waals surface area contributed by atoms with Gasteiger partial charge < -0.3 is 21.1 Å². The van der Waals surface area contributed by atoms with E-state index in [2.05, 4.69) is 9.47 Å². The predicted molar refractivity (Wildman–Crippen MR) is 72.1 cm³/mol. The second kappa shape index (κ2) is 10.5. The topological polar surface area (TPSA) is 147 Å². The Morgan fingerprint density at radius 3 is 1.65 bits per heavy atom. The molecule has 3 N–H and O–H groups in total. The summed E-state index contributed by atoms with van der Waals surface area (Å²) < 4.78 is 40.6. The molecule has 0 saturated heterocycles. The first kappa shape index (κ1) is 22.6. The molecule has 23 heavy (non-hydrogen) atoms. The normalized spacial score (nSPS) is 10.6. The monoisotopic (exact) mass is 374 g/mol. The molecule has 0 aliphatic carbocycles. The van der Waals surface area contributed by atoms with Crippen LogP contribution in [0.2, 0.25) is 0 Å². The molecule has 11 heteroatoms. The Morgan fingerprint density at radius 1 is 0.957 bits per heavy atom. The minimum absolute atomic E-state index is 0. The smallest absolute Gasteiger partial charge is 1.00 e. The average molecular weight is 374 g/mol. The van der Waals surface area contributed by atoms with Crippen LogP contribution in [0.3, 0.4) is 0 Å². The molecule has 0 atom stereocenters. The Labute approximate surface area is 176 Å². The molecule has 0 unspecified atom stereocenters. The molecule has 0 spiro atoms. The van der Waals surface area contributed by atoms with Crippen molar-refractivity contribution in [1.29, 1.82) is 0 Å². The van der Waals surface area contributed by atoms with Crippen LogP contribution in [0.4, 0.5) is 0 Å². The van der Waals surface area contributed by atoms with Crippen molar-refractivity contribution in [3.05, 3.63) is 29.3 Å². The van der Waals surface area contributed by atoms with Crippen LogP contribution in [-0.4, -0.2) is 61.5 Å². The van der Waals surface area contributed by atoms with Gasteiger partial charge in [0.2, 0.25) is 0 Å². The van der Waals surface area contributed by atoms with E-state index in [0.29, 0.717) is 0 Å². The third kappa shape index (κ3) is 7.37. The first-order valence-electron chi connectivity index (χ1n) is 5.98. The Kier molecular flexibility index (Phi) is 10.3. The van der Waals surface area contributed by atoms with Gasteiger partial charge in [-0.25, -0.2) is 9.59 Å². The zero-order chi connectivity index (χ0) is 16.8. The van der Waals surface area contributed by atoms with Crippen LogP contribution in [0, 0.1) is 0 Å². The molecule has 0 aliphatic rings. The maximum absolute atomic E-state index is 11.7. The standard InChI is InChI=1S/C12H14O9S.K.H/c13-1-3-20-11(15)8-5-9(12(16)21-4-2-14)7-10(6-8)22(17,18)19;;/h5-7,13-14H,1-4H2,(H,17,18,19);;/q;+1;-1. The van der Waals surface area contributed by atoms with Crippen molar-refractivity contribution in [2.24, 2.45) is 0 Å². The summed E-state index contributed by atoms with van der Waals surface area (Å²) in [5.74, 6) is -1.98. The van der Waals surface area contributed by atoms with Crippen LogP contribution < -0.4 is 51.4 Å². The summed E-state index contributed by atoms with van der Waals surface area (Å²) in [6.07, 6.45) is 0. The zero-order valence-electron chi connectivity index (χ0n) is 13.3. The van der Waals surface area contributed by atoms with Crippen molar-refractivity contribution >= 4 is 22.1 Å². The number of carbonyl (C=O) groups excluding carboxylic acids is 2. The third-order valence-corrected chi connectivity index (χ3v) is 3.16. The number of hydrogen-bond donors (Lipinski definition) is 3. The summed E-state index contributed by atoms with van der Waals surface area (Å²) in [5, 5.41) is 17.1. The van der Waals surface area contributed by atoms with Crippen LogP contribution in [0.15, 0.2) is 23.1 Å². The van der Waals surface area contributed by atoms with E-state index in [9.17, 15) is 18.0 Å². The number of carbonyl (C=O) groups is 2. The first-order chi connectivity index (χ1) is 10.3. The van der Waals surface area contributed by atoms with Gasteiger partial charge in [0, 0.05) is 0 Å². The second-order valence-electron chi connectivity index (χ2n) is 3.94. The molecule has 1 rings (SSSR count). The molecule has 0 fully saturated rings. The summed E-state index contributed by atoms with van der Waals surface area (Å²) >= 11 is 0. The quantitative estimate of drug-likeness (QED) is 0.250. The van der Waals surface area contributed by atoms with Crippen LogP contribution >= 0.6 is 0 Å². The largest absolute Gasteiger partial charge is 1.00 e. The number of ether oxygens (including phenoxy) is 2. The van der Waals surface area contributed by atoms with Gasteiger partial charge in [-0.2, -0.15) is 8.42 Å². The molecule has 1 aromatic rings. The van der Waals surface area contributed by atoms with E-state index in [1.165, 1.54) is 0 Å². The minimum Gasteiger partial charge on any atom is -1.00 e. The summed E-state index contributed by atoms with van der Waals surface area (Å²) in [5.41, 5.74) is -0.640. The van der Waals surface area contributed by atoms with E-state index in [0.717, 1.165) is 18.2 Å². The molecule has 0 saturated carbocycles. The number of esters is 2. The van der Waals surface area contributed by atoms with E-state index in [1.54, 1.807) is 0 Å². The van der Waals surface area contributed by atoms with Gasteiger partial charge in [-0.05, 0) is 18.2 Å². The third-order valence-electron chi connectivity index (χ3n) is 2.32. The van der Waals surface area contributed by atoms with E-state index in [4.69, 9.17) is 14.8 Å². The van der Waals surface area contributed by atoms with Crippen LogP contribution in [-0.2, 0) is 19.6 Å². The molecule has 0 bridgehead atoms. The Morgan fingerprint density at radius 2 is 1.35 bits per heavy atom. The minimum atomic E-state index is -4.67. The zero-order valence-corrected chi connectivity index (χ0v) is 16.2. The number of rotatable bonds is 7. The van der Waals surface area contributed by atoms with E-state index in [1.807, 2.05) is 0 Å².